The highest BCUT2D eigenvalue weighted by Crippen LogP contribution is 2.22. The second-order valence-corrected chi connectivity index (χ2v) is 3.35. The summed E-state index contributed by atoms with van der Waals surface area (Å²) in [5.41, 5.74) is 5.77. The molecule has 0 aromatic heterocycles. The minimum absolute atomic E-state index is 0.199. The van der Waals surface area contributed by atoms with Crippen molar-refractivity contribution in [3.63, 3.8) is 0 Å². The summed E-state index contributed by atoms with van der Waals surface area (Å²) in [5.74, 6) is -1.38. The molecule has 0 spiro atoms. The van der Waals surface area contributed by atoms with Gasteiger partial charge in [0.05, 0.1) is 5.92 Å². The molecule has 2 nitrogen and oxygen atoms in total. The maximum Gasteiger partial charge on any atom is 0.225 e. The van der Waals surface area contributed by atoms with Gasteiger partial charge in [-0.15, -0.1) is 0 Å². The first-order chi connectivity index (χ1) is 7.15. The van der Waals surface area contributed by atoms with Crippen LogP contribution in [0.15, 0.2) is 30.3 Å². The SMILES string of the molecule is NC(=O)C(CC(F)CF)c1ccccc1. The zero-order valence-electron chi connectivity index (χ0n) is 8.20. The van der Waals surface area contributed by atoms with Crippen molar-refractivity contribution in [1.29, 1.82) is 0 Å². The standard InChI is InChI=1S/C11H13F2NO/c12-7-9(13)6-10(11(14)15)8-4-2-1-3-5-8/h1-5,9-10H,6-7H2,(H2,14,15). The fourth-order valence-corrected chi connectivity index (χ4v) is 1.42. The Hall–Kier alpha value is -1.45. The van der Waals surface area contributed by atoms with Crippen molar-refractivity contribution in [2.45, 2.75) is 18.5 Å². The summed E-state index contributed by atoms with van der Waals surface area (Å²) < 4.78 is 24.8. The molecular weight excluding hydrogens is 200 g/mol. The van der Waals surface area contributed by atoms with Crippen LogP contribution in [0.4, 0.5) is 8.78 Å². The topological polar surface area (TPSA) is 43.1 Å². The molecule has 4 heteroatoms. The van der Waals surface area contributed by atoms with E-state index in [-0.39, 0.29) is 6.42 Å². The smallest absolute Gasteiger partial charge is 0.225 e. The Balaban J connectivity index is 2.80. The lowest BCUT2D eigenvalue weighted by Crippen LogP contribution is -2.24. The number of carbonyl (C=O) groups excluding carboxylic acids is 1. The number of carbonyl (C=O) groups is 1. The number of amides is 1. The van der Waals surface area contributed by atoms with Crippen LogP contribution >= 0.6 is 0 Å². The summed E-state index contributed by atoms with van der Waals surface area (Å²) in [7, 11) is 0. The van der Waals surface area contributed by atoms with Gasteiger partial charge in [-0.2, -0.15) is 0 Å². The molecule has 0 saturated carbocycles. The molecule has 1 aromatic carbocycles. The predicted octanol–water partition coefficient (Wildman–Crippen LogP) is 1.95. The predicted molar refractivity (Wildman–Crippen MR) is 53.9 cm³/mol. The third kappa shape index (κ3) is 3.31. The van der Waals surface area contributed by atoms with Crippen LogP contribution in [-0.4, -0.2) is 18.8 Å². The third-order valence-electron chi connectivity index (χ3n) is 2.20. The van der Waals surface area contributed by atoms with Gasteiger partial charge in [0.1, 0.15) is 12.8 Å². The van der Waals surface area contributed by atoms with Gasteiger partial charge in [-0.05, 0) is 12.0 Å². The molecule has 15 heavy (non-hydrogen) atoms. The van der Waals surface area contributed by atoms with E-state index in [0.29, 0.717) is 5.56 Å². The zero-order chi connectivity index (χ0) is 11.3. The number of hydrogen-bond donors (Lipinski definition) is 1. The van der Waals surface area contributed by atoms with Crippen LogP contribution in [0.5, 0.6) is 0 Å². The van der Waals surface area contributed by atoms with E-state index in [9.17, 15) is 13.6 Å². The molecule has 0 aliphatic heterocycles. The number of primary amides is 1. The monoisotopic (exact) mass is 213 g/mol. The van der Waals surface area contributed by atoms with Crippen molar-refractivity contribution >= 4 is 5.91 Å². The fraction of sp³-hybridized carbons (Fsp3) is 0.364. The molecule has 1 aromatic rings. The van der Waals surface area contributed by atoms with Gasteiger partial charge in [-0.3, -0.25) is 4.79 Å². The van der Waals surface area contributed by atoms with Crippen LogP contribution in [0.2, 0.25) is 0 Å². The van der Waals surface area contributed by atoms with Gasteiger partial charge in [-0.25, -0.2) is 8.78 Å². The van der Waals surface area contributed by atoms with Crippen LogP contribution in [0.1, 0.15) is 17.9 Å². The van der Waals surface area contributed by atoms with Gasteiger partial charge < -0.3 is 5.73 Å². The minimum atomic E-state index is -1.64. The van der Waals surface area contributed by atoms with E-state index in [1.807, 2.05) is 0 Å². The van der Waals surface area contributed by atoms with Crippen LogP contribution < -0.4 is 5.73 Å². The second kappa shape index (κ2) is 5.44. The summed E-state index contributed by atoms with van der Waals surface area (Å²) in [4.78, 5) is 11.1. The van der Waals surface area contributed by atoms with Crippen LogP contribution in [0.3, 0.4) is 0 Å². The lowest BCUT2D eigenvalue weighted by molar-refractivity contribution is -0.119. The number of alkyl halides is 2. The van der Waals surface area contributed by atoms with Crippen LogP contribution in [0, 0.1) is 0 Å². The maximum atomic E-state index is 12.8. The second-order valence-electron chi connectivity index (χ2n) is 3.35. The van der Waals surface area contributed by atoms with Gasteiger partial charge in [0.25, 0.3) is 0 Å². The Morgan fingerprint density at radius 3 is 2.40 bits per heavy atom. The Kier molecular flexibility index (Phi) is 4.21. The fourth-order valence-electron chi connectivity index (χ4n) is 1.42. The van der Waals surface area contributed by atoms with E-state index < -0.39 is 24.7 Å². The molecule has 2 atom stereocenters. The van der Waals surface area contributed by atoms with Crippen molar-refractivity contribution in [3.05, 3.63) is 35.9 Å². The van der Waals surface area contributed by atoms with E-state index >= 15 is 0 Å². The van der Waals surface area contributed by atoms with E-state index in [0.717, 1.165) is 0 Å². The molecule has 82 valence electrons. The summed E-state index contributed by atoms with van der Waals surface area (Å²) in [5, 5.41) is 0. The highest BCUT2D eigenvalue weighted by molar-refractivity contribution is 5.81. The summed E-state index contributed by atoms with van der Waals surface area (Å²) in [6, 6.07) is 8.60. The Bertz CT molecular complexity index is 316. The zero-order valence-corrected chi connectivity index (χ0v) is 8.20. The lowest BCUT2D eigenvalue weighted by atomic mass is 9.93. The first-order valence-electron chi connectivity index (χ1n) is 4.69. The summed E-state index contributed by atoms with van der Waals surface area (Å²) in [6.45, 7) is -1.09. The highest BCUT2D eigenvalue weighted by atomic mass is 19.2. The van der Waals surface area contributed by atoms with E-state index in [1.54, 1.807) is 30.3 Å². The van der Waals surface area contributed by atoms with Gasteiger partial charge in [0.2, 0.25) is 5.91 Å². The highest BCUT2D eigenvalue weighted by Gasteiger charge is 2.22. The largest absolute Gasteiger partial charge is 0.369 e. The number of rotatable bonds is 5. The Morgan fingerprint density at radius 1 is 1.33 bits per heavy atom. The van der Waals surface area contributed by atoms with Gasteiger partial charge in [0, 0.05) is 0 Å². The van der Waals surface area contributed by atoms with E-state index in [4.69, 9.17) is 5.73 Å². The summed E-state index contributed by atoms with van der Waals surface area (Å²) >= 11 is 0. The molecule has 1 rings (SSSR count). The third-order valence-corrected chi connectivity index (χ3v) is 2.20. The molecular formula is C11H13F2NO. The number of hydrogen-bond acceptors (Lipinski definition) is 1. The first kappa shape index (κ1) is 11.6. The molecule has 0 bridgehead atoms. The number of nitrogens with two attached hydrogens (primary N) is 1. The molecule has 0 aliphatic rings. The average Bonchev–Trinajstić information content (AvgIpc) is 2.26. The Labute approximate surface area is 87.1 Å². The molecule has 0 fully saturated rings. The van der Waals surface area contributed by atoms with Crippen LogP contribution in [0.25, 0.3) is 0 Å². The Morgan fingerprint density at radius 2 is 1.93 bits per heavy atom. The van der Waals surface area contributed by atoms with Crippen molar-refractivity contribution in [2.24, 2.45) is 5.73 Å². The van der Waals surface area contributed by atoms with Gasteiger partial charge >= 0.3 is 0 Å². The molecule has 0 saturated heterocycles. The lowest BCUT2D eigenvalue weighted by Gasteiger charge is -2.14. The van der Waals surface area contributed by atoms with Crippen molar-refractivity contribution in [2.75, 3.05) is 6.67 Å². The van der Waals surface area contributed by atoms with Crippen LogP contribution in [-0.2, 0) is 4.79 Å². The van der Waals surface area contributed by atoms with Crippen molar-refractivity contribution in [1.82, 2.24) is 0 Å². The van der Waals surface area contributed by atoms with E-state index in [2.05, 4.69) is 0 Å². The molecule has 1 amide bonds. The van der Waals surface area contributed by atoms with Gasteiger partial charge in [-0.1, -0.05) is 30.3 Å². The quantitative estimate of drug-likeness (QED) is 0.798. The average molecular weight is 213 g/mol. The molecule has 0 aliphatic carbocycles. The normalized spacial score (nSPS) is 14.5. The summed E-state index contributed by atoms with van der Waals surface area (Å²) in [6.07, 6.45) is -1.83. The molecule has 2 unspecified atom stereocenters. The first-order valence-corrected chi connectivity index (χ1v) is 4.69. The van der Waals surface area contributed by atoms with Crippen molar-refractivity contribution < 1.29 is 13.6 Å². The van der Waals surface area contributed by atoms with E-state index in [1.165, 1.54) is 0 Å². The van der Waals surface area contributed by atoms with Crippen molar-refractivity contribution in [3.8, 4) is 0 Å². The number of benzene rings is 1. The van der Waals surface area contributed by atoms with Gasteiger partial charge in [0.15, 0.2) is 0 Å². The molecule has 2 N–H and O–H groups in total. The maximum absolute atomic E-state index is 12.8. The minimum Gasteiger partial charge on any atom is -0.369 e. The number of halogens is 2. The molecule has 0 heterocycles. The molecule has 0 radical (unpaired) electrons.